The highest BCUT2D eigenvalue weighted by Crippen LogP contribution is 2.48. The van der Waals surface area contributed by atoms with Crippen LogP contribution in [0.3, 0.4) is 0 Å². The second-order valence-electron chi connectivity index (χ2n) is 5.02. The van der Waals surface area contributed by atoms with Crippen molar-refractivity contribution < 1.29 is 0 Å². The summed E-state index contributed by atoms with van der Waals surface area (Å²) < 4.78 is 0. The van der Waals surface area contributed by atoms with E-state index in [1.165, 1.54) is 25.1 Å². The van der Waals surface area contributed by atoms with Crippen LogP contribution in [0, 0.1) is 11.8 Å². The molecule has 2 fully saturated rings. The van der Waals surface area contributed by atoms with Crippen molar-refractivity contribution in [2.75, 3.05) is 13.1 Å². The van der Waals surface area contributed by atoms with Gasteiger partial charge in [0.25, 0.3) is 0 Å². The van der Waals surface area contributed by atoms with Crippen LogP contribution < -0.4 is 5.32 Å². The fourth-order valence-electron chi connectivity index (χ4n) is 3.17. The van der Waals surface area contributed by atoms with Crippen LogP contribution in [-0.4, -0.2) is 13.1 Å². The molecule has 3 atom stereocenters. The van der Waals surface area contributed by atoms with Crippen molar-refractivity contribution >= 4 is 0 Å². The van der Waals surface area contributed by atoms with Crippen LogP contribution >= 0.6 is 0 Å². The molecule has 0 bridgehead atoms. The van der Waals surface area contributed by atoms with Crippen molar-refractivity contribution in [2.24, 2.45) is 11.8 Å². The number of nitrogens with one attached hydrogen (secondary N) is 1. The quantitative estimate of drug-likeness (QED) is 0.775. The van der Waals surface area contributed by atoms with Crippen LogP contribution in [0.2, 0.25) is 0 Å². The van der Waals surface area contributed by atoms with E-state index in [2.05, 4.69) is 36.5 Å². The Morgan fingerprint density at radius 3 is 2.67 bits per heavy atom. The van der Waals surface area contributed by atoms with Crippen molar-refractivity contribution in [2.45, 2.75) is 25.7 Å². The number of hydrogen-bond acceptors (Lipinski definition) is 1. The van der Waals surface area contributed by atoms with Gasteiger partial charge in [-0.05, 0) is 54.8 Å². The molecule has 1 aromatic carbocycles. The van der Waals surface area contributed by atoms with Crippen LogP contribution in [0.15, 0.2) is 24.3 Å². The second kappa shape index (κ2) is 3.64. The summed E-state index contributed by atoms with van der Waals surface area (Å²) in [6, 6.07) is 9.28. The number of rotatable bonds is 2. The van der Waals surface area contributed by atoms with Crippen LogP contribution in [0.25, 0.3) is 0 Å². The molecule has 1 saturated heterocycles. The summed E-state index contributed by atoms with van der Waals surface area (Å²) in [5.74, 6) is 2.74. The second-order valence-corrected chi connectivity index (χ2v) is 5.02. The number of hydrogen-bond donors (Lipinski definition) is 1. The van der Waals surface area contributed by atoms with Crippen molar-refractivity contribution in [3.63, 3.8) is 0 Å². The largest absolute Gasteiger partial charge is 0.316 e. The van der Waals surface area contributed by atoms with E-state index in [9.17, 15) is 0 Å². The first-order valence-corrected chi connectivity index (χ1v) is 6.18. The summed E-state index contributed by atoms with van der Waals surface area (Å²) in [6.07, 6.45) is 2.56. The summed E-state index contributed by atoms with van der Waals surface area (Å²) in [5, 5.41) is 3.51. The van der Waals surface area contributed by atoms with Gasteiger partial charge in [-0.3, -0.25) is 0 Å². The minimum Gasteiger partial charge on any atom is -0.316 e. The molecule has 2 aliphatic rings. The Hall–Kier alpha value is -0.820. The lowest BCUT2D eigenvalue weighted by Gasteiger charge is -2.40. The van der Waals surface area contributed by atoms with Gasteiger partial charge in [0.15, 0.2) is 0 Å². The Bertz CT molecular complexity index is 341. The lowest BCUT2D eigenvalue weighted by atomic mass is 9.64. The third-order valence-corrected chi connectivity index (χ3v) is 4.28. The van der Waals surface area contributed by atoms with Gasteiger partial charge in [-0.25, -0.2) is 0 Å². The maximum atomic E-state index is 3.51. The van der Waals surface area contributed by atoms with Gasteiger partial charge in [0, 0.05) is 0 Å². The first-order chi connectivity index (χ1) is 7.38. The van der Waals surface area contributed by atoms with Gasteiger partial charge in [-0.15, -0.1) is 0 Å². The lowest BCUT2D eigenvalue weighted by Crippen LogP contribution is -2.33. The molecule has 1 aliphatic carbocycles. The molecule has 0 radical (unpaired) electrons. The zero-order chi connectivity index (χ0) is 10.3. The number of benzene rings is 1. The van der Waals surface area contributed by atoms with Crippen LogP contribution in [-0.2, 0) is 6.42 Å². The molecule has 3 rings (SSSR count). The molecule has 1 aromatic rings. The lowest BCUT2D eigenvalue weighted by molar-refractivity contribution is 0.191. The zero-order valence-corrected chi connectivity index (χ0v) is 9.37. The standard InChI is InChI=1S/C14H19N/c1-2-10-3-5-11(6-4-10)13-7-12-8-15-9-14(12)13/h3-6,12-15H,2,7-9H2,1H3/t12-,13-,14+/m0/s1. The van der Waals surface area contributed by atoms with E-state index in [-0.39, 0.29) is 0 Å². The predicted octanol–water partition coefficient (Wildman–Crippen LogP) is 2.57. The van der Waals surface area contributed by atoms with Crippen LogP contribution in [0.1, 0.15) is 30.4 Å². The Balaban J connectivity index is 1.76. The molecule has 1 heterocycles. The van der Waals surface area contributed by atoms with Gasteiger partial charge < -0.3 is 5.32 Å². The average Bonchev–Trinajstić information content (AvgIpc) is 2.61. The molecule has 0 amide bonds. The van der Waals surface area contributed by atoms with Crippen LogP contribution in [0.4, 0.5) is 0 Å². The molecule has 0 aromatic heterocycles. The molecule has 15 heavy (non-hydrogen) atoms. The summed E-state index contributed by atoms with van der Waals surface area (Å²) in [6.45, 7) is 4.72. The number of fused-ring (bicyclic) bond motifs is 1. The summed E-state index contributed by atoms with van der Waals surface area (Å²) in [5.41, 5.74) is 3.02. The van der Waals surface area contributed by atoms with Gasteiger partial charge in [-0.1, -0.05) is 31.2 Å². The molecule has 80 valence electrons. The monoisotopic (exact) mass is 201 g/mol. The fraction of sp³-hybridized carbons (Fsp3) is 0.571. The molecule has 1 heteroatoms. The van der Waals surface area contributed by atoms with E-state index < -0.39 is 0 Å². The highest BCUT2D eigenvalue weighted by Gasteiger charge is 2.44. The Kier molecular flexibility index (Phi) is 2.28. The van der Waals surface area contributed by atoms with Crippen LogP contribution in [0.5, 0.6) is 0 Å². The van der Waals surface area contributed by atoms with Gasteiger partial charge in [-0.2, -0.15) is 0 Å². The summed E-state index contributed by atoms with van der Waals surface area (Å²) in [4.78, 5) is 0. The van der Waals surface area contributed by atoms with E-state index in [4.69, 9.17) is 0 Å². The molecule has 0 spiro atoms. The Labute approximate surface area is 91.9 Å². The minimum absolute atomic E-state index is 0.843. The van der Waals surface area contributed by atoms with E-state index in [0.717, 1.165) is 24.2 Å². The predicted molar refractivity (Wildman–Crippen MR) is 63.0 cm³/mol. The molecule has 1 nitrogen and oxygen atoms in total. The molecule has 0 unspecified atom stereocenters. The molecule has 1 aliphatic heterocycles. The highest BCUT2D eigenvalue weighted by atomic mass is 14.9. The first kappa shape index (κ1) is 9.41. The van der Waals surface area contributed by atoms with Crippen molar-refractivity contribution in [3.8, 4) is 0 Å². The van der Waals surface area contributed by atoms with Gasteiger partial charge >= 0.3 is 0 Å². The Morgan fingerprint density at radius 2 is 2.00 bits per heavy atom. The van der Waals surface area contributed by atoms with E-state index in [0.29, 0.717) is 0 Å². The van der Waals surface area contributed by atoms with Crippen molar-refractivity contribution in [1.82, 2.24) is 5.32 Å². The third-order valence-electron chi connectivity index (χ3n) is 4.28. The molecular formula is C14H19N. The summed E-state index contributed by atoms with van der Waals surface area (Å²) >= 11 is 0. The van der Waals surface area contributed by atoms with Gasteiger partial charge in [0.05, 0.1) is 0 Å². The smallest absolute Gasteiger partial charge is 0.00114 e. The maximum Gasteiger partial charge on any atom is -0.00114 e. The SMILES string of the molecule is CCc1ccc([C@@H]2C[C@H]3CNC[C@H]32)cc1. The molecular weight excluding hydrogens is 182 g/mol. The van der Waals surface area contributed by atoms with Gasteiger partial charge in [0.1, 0.15) is 0 Å². The van der Waals surface area contributed by atoms with Crippen molar-refractivity contribution in [3.05, 3.63) is 35.4 Å². The van der Waals surface area contributed by atoms with E-state index >= 15 is 0 Å². The minimum atomic E-state index is 0.843. The van der Waals surface area contributed by atoms with E-state index in [1.807, 2.05) is 0 Å². The summed E-state index contributed by atoms with van der Waals surface area (Å²) in [7, 11) is 0. The van der Waals surface area contributed by atoms with Gasteiger partial charge in [0.2, 0.25) is 0 Å². The Morgan fingerprint density at radius 1 is 1.20 bits per heavy atom. The molecule has 1 N–H and O–H groups in total. The normalized spacial score (nSPS) is 33.5. The highest BCUT2D eigenvalue weighted by molar-refractivity contribution is 5.28. The average molecular weight is 201 g/mol. The first-order valence-electron chi connectivity index (χ1n) is 6.18. The molecule has 1 saturated carbocycles. The number of aryl methyl sites for hydroxylation is 1. The maximum absolute atomic E-state index is 3.51. The third kappa shape index (κ3) is 1.50. The topological polar surface area (TPSA) is 12.0 Å². The fourth-order valence-corrected chi connectivity index (χ4v) is 3.17. The van der Waals surface area contributed by atoms with Crippen molar-refractivity contribution in [1.29, 1.82) is 0 Å². The van der Waals surface area contributed by atoms with E-state index in [1.54, 1.807) is 5.56 Å². The zero-order valence-electron chi connectivity index (χ0n) is 9.37.